The number of amides is 1. The molecule has 0 aliphatic carbocycles. The van der Waals surface area contributed by atoms with Crippen molar-refractivity contribution in [3.05, 3.63) is 35.0 Å². The van der Waals surface area contributed by atoms with Crippen LogP contribution in [0.15, 0.2) is 30.2 Å². The Morgan fingerprint density at radius 1 is 1.50 bits per heavy atom. The first-order chi connectivity index (χ1) is 9.71. The number of carbonyl (C=O) groups excluding carboxylic acids is 1. The van der Waals surface area contributed by atoms with E-state index in [2.05, 4.69) is 13.5 Å². The van der Waals surface area contributed by atoms with E-state index in [-0.39, 0.29) is 12.5 Å². The molecule has 0 spiro atoms. The Kier molecular flexibility index (Phi) is 8.18. The summed E-state index contributed by atoms with van der Waals surface area (Å²) in [6.07, 6.45) is 2.72. The highest BCUT2D eigenvalue weighted by atomic mass is 32.1. The van der Waals surface area contributed by atoms with Crippen molar-refractivity contribution in [2.45, 2.75) is 19.9 Å². The van der Waals surface area contributed by atoms with E-state index in [9.17, 15) is 4.79 Å². The fourth-order valence-corrected chi connectivity index (χ4v) is 2.74. The van der Waals surface area contributed by atoms with Gasteiger partial charge in [0.05, 0.1) is 19.7 Å². The fourth-order valence-electron chi connectivity index (χ4n) is 2.02. The fraction of sp³-hybridized carbons (Fsp3) is 0.533. The second-order valence-electron chi connectivity index (χ2n) is 4.64. The lowest BCUT2D eigenvalue weighted by Gasteiger charge is -2.25. The summed E-state index contributed by atoms with van der Waals surface area (Å²) in [7, 11) is 0. The summed E-state index contributed by atoms with van der Waals surface area (Å²) in [5.41, 5.74) is 0. The summed E-state index contributed by atoms with van der Waals surface area (Å²) in [4.78, 5) is 17.3. The predicted molar refractivity (Wildman–Crippen MR) is 83.7 cm³/mol. The van der Waals surface area contributed by atoms with Gasteiger partial charge >= 0.3 is 0 Å². The Bertz CT molecular complexity index is 387. The molecular weight excluding hydrogens is 272 g/mol. The molecule has 1 aromatic heterocycles. The molecule has 1 heterocycles. The minimum Gasteiger partial charge on any atom is -0.395 e. The van der Waals surface area contributed by atoms with E-state index >= 15 is 0 Å². The molecule has 5 heteroatoms. The first-order valence-corrected chi connectivity index (χ1v) is 7.83. The lowest BCUT2D eigenvalue weighted by atomic mass is 10.3. The molecule has 1 N–H and O–H groups in total. The Morgan fingerprint density at radius 2 is 2.30 bits per heavy atom. The number of thiophene rings is 1. The van der Waals surface area contributed by atoms with Gasteiger partial charge in [-0.25, -0.2) is 0 Å². The lowest BCUT2D eigenvalue weighted by molar-refractivity contribution is -0.132. The molecule has 20 heavy (non-hydrogen) atoms. The number of hydrogen-bond acceptors (Lipinski definition) is 4. The van der Waals surface area contributed by atoms with Crippen LogP contribution < -0.4 is 0 Å². The second kappa shape index (κ2) is 9.69. The van der Waals surface area contributed by atoms with E-state index < -0.39 is 0 Å². The van der Waals surface area contributed by atoms with Crippen LogP contribution in [0.1, 0.15) is 18.2 Å². The highest BCUT2D eigenvalue weighted by molar-refractivity contribution is 7.09. The van der Waals surface area contributed by atoms with Crippen LogP contribution in [0.2, 0.25) is 0 Å². The van der Waals surface area contributed by atoms with E-state index in [1.54, 1.807) is 22.3 Å². The van der Waals surface area contributed by atoms with Gasteiger partial charge in [-0.15, -0.1) is 17.9 Å². The maximum Gasteiger partial charge on any atom is 0.237 e. The summed E-state index contributed by atoms with van der Waals surface area (Å²) in [6.45, 7) is 8.78. The Balaban J connectivity index is 2.60. The third-order valence-corrected chi connectivity index (χ3v) is 3.81. The molecule has 4 nitrogen and oxygen atoms in total. The molecule has 0 atom stereocenters. The number of hydrogen-bond donors (Lipinski definition) is 1. The van der Waals surface area contributed by atoms with E-state index in [1.165, 1.54) is 4.88 Å². The average molecular weight is 296 g/mol. The molecule has 1 rings (SSSR count). The zero-order chi connectivity index (χ0) is 14.8. The first kappa shape index (κ1) is 16.9. The molecular formula is C15H24N2O2S. The molecule has 0 aliphatic rings. The van der Waals surface area contributed by atoms with Crippen LogP contribution in [0.25, 0.3) is 0 Å². The summed E-state index contributed by atoms with van der Waals surface area (Å²) >= 11 is 1.65. The van der Waals surface area contributed by atoms with Gasteiger partial charge in [0.25, 0.3) is 0 Å². The highest BCUT2D eigenvalue weighted by Gasteiger charge is 2.16. The normalized spacial score (nSPS) is 10.8. The van der Waals surface area contributed by atoms with Gasteiger partial charge in [0.1, 0.15) is 0 Å². The quantitative estimate of drug-likeness (QED) is 0.671. The third kappa shape index (κ3) is 5.86. The molecule has 0 saturated heterocycles. The molecule has 0 saturated carbocycles. The standard InChI is InChI=1S/C15H24N2O2S/c1-3-7-16(9-10-18)13-15(19)17(8-4-2)12-14-6-5-11-20-14/h4-6,11,18H,2-3,7-10,12-13H2,1H3. The van der Waals surface area contributed by atoms with Gasteiger partial charge in [0.2, 0.25) is 5.91 Å². The lowest BCUT2D eigenvalue weighted by Crippen LogP contribution is -2.41. The highest BCUT2D eigenvalue weighted by Crippen LogP contribution is 2.12. The predicted octanol–water partition coefficient (Wildman–Crippen LogP) is 1.97. The van der Waals surface area contributed by atoms with Crippen LogP contribution in [-0.2, 0) is 11.3 Å². The molecule has 0 fully saturated rings. The number of rotatable bonds is 10. The summed E-state index contributed by atoms with van der Waals surface area (Å²) in [5.74, 6) is 0.0835. The molecule has 0 unspecified atom stereocenters. The van der Waals surface area contributed by atoms with E-state index in [4.69, 9.17) is 5.11 Å². The van der Waals surface area contributed by atoms with Gasteiger partial charge in [-0.2, -0.15) is 0 Å². The summed E-state index contributed by atoms with van der Waals surface area (Å²) < 4.78 is 0. The third-order valence-electron chi connectivity index (χ3n) is 2.94. The van der Waals surface area contributed by atoms with Crippen molar-refractivity contribution in [2.75, 3.05) is 32.8 Å². The minimum atomic E-state index is 0.0830. The van der Waals surface area contributed by atoms with Gasteiger partial charge in [0, 0.05) is 18.0 Å². The molecule has 0 bridgehead atoms. The smallest absolute Gasteiger partial charge is 0.237 e. The van der Waals surface area contributed by atoms with Crippen LogP contribution in [0, 0.1) is 0 Å². The molecule has 0 aliphatic heterocycles. The van der Waals surface area contributed by atoms with Crippen LogP contribution >= 0.6 is 11.3 Å². The average Bonchev–Trinajstić information content (AvgIpc) is 2.91. The van der Waals surface area contributed by atoms with Gasteiger partial charge in [0.15, 0.2) is 0 Å². The molecule has 1 aromatic rings. The van der Waals surface area contributed by atoms with Crippen molar-refractivity contribution in [1.82, 2.24) is 9.80 Å². The SMILES string of the molecule is C=CCN(Cc1cccs1)C(=O)CN(CCC)CCO. The van der Waals surface area contributed by atoms with Crippen molar-refractivity contribution in [1.29, 1.82) is 0 Å². The second-order valence-corrected chi connectivity index (χ2v) is 5.67. The van der Waals surface area contributed by atoms with Crippen LogP contribution in [0.5, 0.6) is 0 Å². The largest absolute Gasteiger partial charge is 0.395 e. The first-order valence-electron chi connectivity index (χ1n) is 6.95. The van der Waals surface area contributed by atoms with E-state index in [0.717, 1.165) is 13.0 Å². The maximum atomic E-state index is 12.4. The number of carbonyl (C=O) groups is 1. The number of nitrogens with zero attached hydrogens (tertiary/aromatic N) is 2. The van der Waals surface area contributed by atoms with E-state index in [0.29, 0.717) is 26.2 Å². The van der Waals surface area contributed by atoms with Gasteiger partial charge in [-0.3, -0.25) is 9.69 Å². The molecule has 112 valence electrons. The van der Waals surface area contributed by atoms with Crippen molar-refractivity contribution >= 4 is 17.2 Å². The van der Waals surface area contributed by atoms with Crippen LogP contribution in [0.4, 0.5) is 0 Å². The van der Waals surface area contributed by atoms with Crippen molar-refractivity contribution < 1.29 is 9.90 Å². The molecule has 0 aromatic carbocycles. The Hall–Kier alpha value is -1.17. The van der Waals surface area contributed by atoms with Crippen LogP contribution in [0.3, 0.4) is 0 Å². The monoisotopic (exact) mass is 296 g/mol. The minimum absolute atomic E-state index is 0.0830. The summed E-state index contributed by atoms with van der Waals surface area (Å²) in [5, 5.41) is 11.1. The van der Waals surface area contributed by atoms with E-state index in [1.807, 2.05) is 22.4 Å². The Labute approximate surface area is 125 Å². The van der Waals surface area contributed by atoms with Crippen molar-refractivity contribution in [2.24, 2.45) is 0 Å². The zero-order valence-corrected chi connectivity index (χ0v) is 12.9. The zero-order valence-electron chi connectivity index (χ0n) is 12.1. The van der Waals surface area contributed by atoms with Gasteiger partial charge in [-0.1, -0.05) is 19.1 Å². The van der Waals surface area contributed by atoms with Crippen LogP contribution in [-0.4, -0.2) is 53.6 Å². The molecule has 1 amide bonds. The van der Waals surface area contributed by atoms with Crippen molar-refractivity contribution in [3.63, 3.8) is 0 Å². The number of aliphatic hydroxyl groups excluding tert-OH is 1. The van der Waals surface area contributed by atoms with Gasteiger partial charge < -0.3 is 10.0 Å². The van der Waals surface area contributed by atoms with Crippen molar-refractivity contribution in [3.8, 4) is 0 Å². The summed E-state index contributed by atoms with van der Waals surface area (Å²) in [6, 6.07) is 4.03. The maximum absolute atomic E-state index is 12.4. The Morgan fingerprint density at radius 3 is 2.85 bits per heavy atom. The topological polar surface area (TPSA) is 43.8 Å². The molecule has 0 radical (unpaired) electrons. The van der Waals surface area contributed by atoms with Gasteiger partial charge in [-0.05, 0) is 24.4 Å². The number of aliphatic hydroxyl groups is 1.